The first-order valence-electron chi connectivity index (χ1n) is 4.73. The van der Waals surface area contributed by atoms with Crippen molar-refractivity contribution < 1.29 is 23.8 Å². The van der Waals surface area contributed by atoms with Gasteiger partial charge in [-0.3, -0.25) is 0 Å². The van der Waals surface area contributed by atoms with Gasteiger partial charge in [0.1, 0.15) is 11.3 Å². The van der Waals surface area contributed by atoms with E-state index < -0.39 is 17.3 Å². The number of halogens is 1. The van der Waals surface area contributed by atoms with Gasteiger partial charge in [-0.2, -0.15) is 0 Å². The molecule has 0 spiro atoms. The molecule has 0 aliphatic heterocycles. The molecule has 0 bridgehead atoms. The molecule has 0 aliphatic carbocycles. The van der Waals surface area contributed by atoms with Crippen molar-refractivity contribution >= 4 is 5.97 Å². The lowest BCUT2D eigenvalue weighted by atomic mass is 10.1. The first-order valence-corrected chi connectivity index (χ1v) is 4.73. The zero-order valence-electron chi connectivity index (χ0n) is 9.28. The minimum absolute atomic E-state index is 0.000741. The lowest BCUT2D eigenvalue weighted by Gasteiger charge is -2.14. The fourth-order valence-corrected chi connectivity index (χ4v) is 1.25. The molecule has 0 heterocycles. The topological polar surface area (TPSA) is 55.8 Å². The van der Waals surface area contributed by atoms with Crippen LogP contribution in [-0.2, 0) is 0 Å². The SMILES string of the molecule is COc1ccc(OC(C)C)c(C(=O)O)c1F. The van der Waals surface area contributed by atoms with Gasteiger partial charge in [-0.15, -0.1) is 0 Å². The normalized spacial score (nSPS) is 10.3. The maximum atomic E-state index is 13.6. The number of rotatable bonds is 4. The van der Waals surface area contributed by atoms with Crippen molar-refractivity contribution in [2.24, 2.45) is 0 Å². The molecular formula is C11H13FO4. The highest BCUT2D eigenvalue weighted by atomic mass is 19.1. The second-order valence-electron chi connectivity index (χ2n) is 3.43. The Morgan fingerprint density at radius 3 is 2.38 bits per heavy atom. The number of hydrogen-bond donors (Lipinski definition) is 1. The summed E-state index contributed by atoms with van der Waals surface area (Å²) in [6.07, 6.45) is -0.231. The van der Waals surface area contributed by atoms with Crippen molar-refractivity contribution in [2.75, 3.05) is 7.11 Å². The average molecular weight is 228 g/mol. The lowest BCUT2D eigenvalue weighted by molar-refractivity contribution is 0.0684. The summed E-state index contributed by atoms with van der Waals surface area (Å²) in [7, 11) is 1.27. The van der Waals surface area contributed by atoms with Gasteiger partial charge in [-0.1, -0.05) is 0 Å². The number of methoxy groups -OCH3 is 1. The predicted molar refractivity (Wildman–Crippen MR) is 55.7 cm³/mol. The number of ether oxygens (including phenoxy) is 2. The first kappa shape index (κ1) is 12.3. The Morgan fingerprint density at radius 1 is 1.38 bits per heavy atom. The average Bonchev–Trinajstić information content (AvgIpc) is 2.16. The van der Waals surface area contributed by atoms with E-state index >= 15 is 0 Å². The highest BCUT2D eigenvalue weighted by molar-refractivity contribution is 5.91. The van der Waals surface area contributed by atoms with E-state index in [1.165, 1.54) is 19.2 Å². The molecule has 1 aromatic carbocycles. The van der Waals surface area contributed by atoms with Crippen molar-refractivity contribution in [3.8, 4) is 11.5 Å². The number of carboxylic acid groups (broad SMARTS) is 1. The van der Waals surface area contributed by atoms with Gasteiger partial charge in [-0.25, -0.2) is 9.18 Å². The van der Waals surface area contributed by atoms with E-state index in [-0.39, 0.29) is 17.6 Å². The molecule has 16 heavy (non-hydrogen) atoms. The van der Waals surface area contributed by atoms with E-state index in [0.717, 1.165) is 0 Å². The summed E-state index contributed by atoms with van der Waals surface area (Å²) in [5, 5.41) is 8.90. The van der Waals surface area contributed by atoms with Crippen molar-refractivity contribution in [3.63, 3.8) is 0 Å². The smallest absolute Gasteiger partial charge is 0.342 e. The van der Waals surface area contributed by atoms with Crippen LogP contribution in [0.15, 0.2) is 12.1 Å². The maximum absolute atomic E-state index is 13.6. The number of carbonyl (C=O) groups is 1. The van der Waals surface area contributed by atoms with Gasteiger partial charge in [0.05, 0.1) is 13.2 Å². The fraction of sp³-hybridized carbons (Fsp3) is 0.364. The molecule has 0 fully saturated rings. The van der Waals surface area contributed by atoms with E-state index in [1.54, 1.807) is 13.8 Å². The Bertz CT molecular complexity index is 401. The van der Waals surface area contributed by atoms with Crippen LogP contribution in [0.1, 0.15) is 24.2 Å². The van der Waals surface area contributed by atoms with Crippen LogP contribution < -0.4 is 9.47 Å². The van der Waals surface area contributed by atoms with Crippen LogP contribution in [0.2, 0.25) is 0 Å². The minimum atomic E-state index is -1.38. The highest BCUT2D eigenvalue weighted by Gasteiger charge is 2.21. The van der Waals surface area contributed by atoms with Gasteiger partial charge in [0.15, 0.2) is 11.6 Å². The Balaban J connectivity index is 3.29. The van der Waals surface area contributed by atoms with Crippen LogP contribution in [0, 0.1) is 5.82 Å². The number of hydrogen-bond acceptors (Lipinski definition) is 3. The van der Waals surface area contributed by atoms with Gasteiger partial charge >= 0.3 is 5.97 Å². The van der Waals surface area contributed by atoms with E-state index in [9.17, 15) is 9.18 Å². The molecule has 5 heteroatoms. The summed E-state index contributed by atoms with van der Waals surface area (Å²) in [4.78, 5) is 10.9. The molecule has 0 saturated carbocycles. The molecule has 0 unspecified atom stereocenters. The Morgan fingerprint density at radius 2 is 1.94 bits per heavy atom. The summed E-state index contributed by atoms with van der Waals surface area (Å²) in [6, 6.07) is 2.71. The predicted octanol–water partition coefficient (Wildman–Crippen LogP) is 2.32. The third-order valence-electron chi connectivity index (χ3n) is 1.86. The van der Waals surface area contributed by atoms with E-state index in [0.29, 0.717) is 0 Å². The van der Waals surface area contributed by atoms with Gasteiger partial charge in [0.25, 0.3) is 0 Å². The summed E-state index contributed by atoms with van der Waals surface area (Å²) in [6.45, 7) is 3.46. The monoisotopic (exact) mass is 228 g/mol. The highest BCUT2D eigenvalue weighted by Crippen LogP contribution is 2.29. The zero-order valence-corrected chi connectivity index (χ0v) is 9.28. The molecule has 0 aliphatic rings. The fourth-order valence-electron chi connectivity index (χ4n) is 1.25. The molecular weight excluding hydrogens is 215 g/mol. The van der Waals surface area contributed by atoms with Crippen molar-refractivity contribution in [3.05, 3.63) is 23.5 Å². The molecule has 0 saturated heterocycles. The van der Waals surface area contributed by atoms with E-state index in [2.05, 4.69) is 0 Å². The number of benzene rings is 1. The second-order valence-corrected chi connectivity index (χ2v) is 3.43. The van der Waals surface area contributed by atoms with Gasteiger partial charge < -0.3 is 14.6 Å². The summed E-state index contributed by atoms with van der Waals surface area (Å²) in [5.41, 5.74) is -0.506. The van der Waals surface area contributed by atoms with Crippen molar-refractivity contribution in [1.29, 1.82) is 0 Å². The molecule has 1 aromatic rings. The first-order chi connectivity index (χ1) is 7.47. The number of carboxylic acids is 1. The van der Waals surface area contributed by atoms with Gasteiger partial charge in [0, 0.05) is 0 Å². The van der Waals surface area contributed by atoms with Crippen LogP contribution in [0.25, 0.3) is 0 Å². The van der Waals surface area contributed by atoms with Gasteiger partial charge in [0.2, 0.25) is 0 Å². The molecule has 1 N–H and O–H groups in total. The second kappa shape index (κ2) is 4.83. The molecule has 4 nitrogen and oxygen atoms in total. The quantitative estimate of drug-likeness (QED) is 0.859. The largest absolute Gasteiger partial charge is 0.494 e. The summed E-state index contributed by atoms with van der Waals surface area (Å²) >= 11 is 0. The van der Waals surface area contributed by atoms with Crippen LogP contribution >= 0.6 is 0 Å². The van der Waals surface area contributed by atoms with Crippen LogP contribution in [0.5, 0.6) is 11.5 Å². The van der Waals surface area contributed by atoms with E-state index in [4.69, 9.17) is 14.6 Å². The minimum Gasteiger partial charge on any atom is -0.494 e. The van der Waals surface area contributed by atoms with Crippen LogP contribution in [0.4, 0.5) is 4.39 Å². The standard InChI is InChI=1S/C11H13FO4/c1-6(2)16-7-4-5-8(15-3)10(12)9(7)11(13)14/h4-6H,1-3H3,(H,13,14). The molecule has 88 valence electrons. The van der Waals surface area contributed by atoms with E-state index in [1.807, 2.05) is 0 Å². The summed E-state index contributed by atoms with van der Waals surface area (Å²) in [5.74, 6) is -2.42. The Hall–Kier alpha value is -1.78. The lowest BCUT2D eigenvalue weighted by Crippen LogP contribution is -2.12. The third kappa shape index (κ3) is 2.42. The zero-order chi connectivity index (χ0) is 12.3. The third-order valence-corrected chi connectivity index (χ3v) is 1.86. The van der Waals surface area contributed by atoms with Gasteiger partial charge in [-0.05, 0) is 26.0 Å². The van der Waals surface area contributed by atoms with Crippen molar-refractivity contribution in [2.45, 2.75) is 20.0 Å². The van der Waals surface area contributed by atoms with Crippen LogP contribution in [0.3, 0.4) is 0 Å². The summed E-state index contributed by atoms with van der Waals surface area (Å²) < 4.78 is 23.6. The van der Waals surface area contributed by atoms with Crippen LogP contribution in [-0.4, -0.2) is 24.3 Å². The molecule has 0 radical (unpaired) electrons. The molecule has 0 amide bonds. The Labute approximate surface area is 92.6 Å². The van der Waals surface area contributed by atoms with Crippen molar-refractivity contribution in [1.82, 2.24) is 0 Å². The Kier molecular flexibility index (Phi) is 3.71. The molecule has 0 atom stereocenters. The molecule has 0 aromatic heterocycles. The number of aromatic carboxylic acids is 1. The molecule has 1 rings (SSSR count). The maximum Gasteiger partial charge on any atom is 0.342 e.